The molecule has 0 radical (unpaired) electrons. The maximum Gasteiger partial charge on any atom is 0.269 e. The molecule has 7 nitrogen and oxygen atoms in total. The normalized spacial score (nSPS) is 16.4. The van der Waals surface area contributed by atoms with Crippen LogP contribution in [0.15, 0.2) is 107 Å². The number of rotatable bonds is 7. The second-order valence-electron chi connectivity index (χ2n) is 10.1. The molecule has 2 atom stereocenters. The van der Waals surface area contributed by atoms with Gasteiger partial charge in [-0.05, 0) is 98.4 Å². The van der Waals surface area contributed by atoms with E-state index in [2.05, 4.69) is 39.7 Å². The molecule has 3 aromatic carbocycles. The summed E-state index contributed by atoms with van der Waals surface area (Å²) in [7, 11) is 0. The molecule has 43 heavy (non-hydrogen) atoms. The number of nitro benzene ring substituents is 1. The molecule has 5 aromatic rings. The van der Waals surface area contributed by atoms with Gasteiger partial charge in [-0.2, -0.15) is 0 Å². The largest absolute Gasteiger partial charge is 0.351 e. The lowest BCUT2D eigenvalue weighted by molar-refractivity contribution is -0.384. The van der Waals surface area contributed by atoms with Crippen LogP contribution in [0.25, 0.3) is 5.69 Å². The number of non-ortho nitro benzene ring substituents is 1. The van der Waals surface area contributed by atoms with Gasteiger partial charge in [0, 0.05) is 45.2 Å². The average Bonchev–Trinajstić information content (AvgIpc) is 3.50. The number of nitrogens with zero attached hydrogens (tertiary/aromatic N) is 4. The second-order valence-corrected chi connectivity index (χ2v) is 12.4. The number of hydrogen-bond acceptors (Lipinski definition) is 5. The zero-order chi connectivity index (χ0) is 30.2. The monoisotopic (exact) mass is 645 g/mol. The van der Waals surface area contributed by atoms with Crippen LogP contribution in [-0.2, 0) is 0 Å². The predicted octanol–water partition coefficient (Wildman–Crippen LogP) is 9.03. The molecule has 3 heterocycles. The number of thiocarbonyl (C=S) groups is 1. The summed E-state index contributed by atoms with van der Waals surface area (Å²) in [6.45, 7) is 4.14. The molecule has 1 aliphatic heterocycles. The number of pyridine rings is 1. The highest BCUT2D eigenvalue weighted by molar-refractivity contribution is 7.99. The Bertz CT molecular complexity index is 1830. The van der Waals surface area contributed by atoms with Gasteiger partial charge in [0.15, 0.2) is 5.11 Å². The van der Waals surface area contributed by atoms with Crippen LogP contribution < -0.4 is 10.2 Å². The first-order valence-electron chi connectivity index (χ1n) is 13.4. The van der Waals surface area contributed by atoms with Crippen LogP contribution in [0.1, 0.15) is 34.7 Å². The molecule has 1 fully saturated rings. The Balaban J connectivity index is 1.39. The lowest BCUT2D eigenvalue weighted by atomic mass is 9.96. The Morgan fingerprint density at radius 2 is 1.65 bits per heavy atom. The zero-order valence-corrected chi connectivity index (χ0v) is 26.2. The highest BCUT2D eigenvalue weighted by Crippen LogP contribution is 2.45. The molecule has 216 valence electrons. The summed E-state index contributed by atoms with van der Waals surface area (Å²) in [5, 5.41) is 16.1. The molecule has 0 bridgehead atoms. The highest BCUT2D eigenvalue weighted by atomic mass is 35.5. The molecule has 1 saturated heterocycles. The molecule has 0 unspecified atom stereocenters. The summed E-state index contributed by atoms with van der Waals surface area (Å²) in [5.41, 5.74) is 5.82. The fourth-order valence-corrected chi connectivity index (χ4v) is 7.06. The van der Waals surface area contributed by atoms with Crippen molar-refractivity contribution in [3.8, 4) is 5.69 Å². The smallest absolute Gasteiger partial charge is 0.269 e. The quantitative estimate of drug-likeness (QED) is 0.107. The number of hydrogen-bond donors (Lipinski definition) is 1. The van der Waals surface area contributed by atoms with Crippen LogP contribution >= 0.6 is 47.2 Å². The molecule has 2 aromatic heterocycles. The third-order valence-electron chi connectivity index (χ3n) is 7.46. The number of halogens is 2. The van der Waals surface area contributed by atoms with Crippen LogP contribution in [0.2, 0.25) is 10.0 Å². The van der Waals surface area contributed by atoms with Crippen molar-refractivity contribution in [1.29, 1.82) is 0 Å². The standard InChI is InChI=1S/C32H25Cl2N5O2S2/c1-19-18-25(20(2)37(19)28-8-5-6-26(33)29(28)34)31-30(27-7-3-4-17-35-27)36-32(42)38(31)21-9-13-23(14-10-21)43-24-15-11-22(12-16-24)39(40)41/h3-18,30-31H,1-2H3,(H,36,42)/t30-,31-/m0/s1. The number of aromatic nitrogens is 2. The van der Waals surface area contributed by atoms with Crippen LogP contribution in [-0.4, -0.2) is 19.6 Å². The van der Waals surface area contributed by atoms with E-state index in [4.69, 9.17) is 35.4 Å². The van der Waals surface area contributed by atoms with Crippen LogP contribution in [0.5, 0.6) is 0 Å². The number of nitrogens with one attached hydrogen (secondary N) is 1. The van der Waals surface area contributed by atoms with Crippen molar-refractivity contribution in [2.45, 2.75) is 35.7 Å². The van der Waals surface area contributed by atoms with Crippen LogP contribution in [0.3, 0.4) is 0 Å². The summed E-state index contributed by atoms with van der Waals surface area (Å²) in [4.78, 5) is 19.3. The first-order chi connectivity index (χ1) is 20.7. The molecule has 11 heteroatoms. The fourth-order valence-electron chi connectivity index (χ4n) is 5.52. The minimum atomic E-state index is -0.397. The predicted molar refractivity (Wildman–Crippen MR) is 177 cm³/mol. The molecule has 1 aliphatic rings. The topological polar surface area (TPSA) is 76.2 Å². The van der Waals surface area contributed by atoms with E-state index in [0.717, 1.165) is 43.8 Å². The van der Waals surface area contributed by atoms with Crippen molar-refractivity contribution in [1.82, 2.24) is 14.9 Å². The van der Waals surface area contributed by atoms with Gasteiger partial charge >= 0.3 is 0 Å². The molecule has 6 rings (SSSR count). The van der Waals surface area contributed by atoms with E-state index in [-0.39, 0.29) is 17.8 Å². The minimum absolute atomic E-state index is 0.0697. The van der Waals surface area contributed by atoms with Crippen LogP contribution in [0, 0.1) is 24.0 Å². The van der Waals surface area contributed by atoms with E-state index in [1.54, 1.807) is 24.4 Å². The van der Waals surface area contributed by atoms with Gasteiger partial charge in [0.25, 0.3) is 5.69 Å². The summed E-state index contributed by atoms with van der Waals surface area (Å²) < 4.78 is 2.13. The molecular formula is C32H25Cl2N5O2S2. The molecular weight excluding hydrogens is 621 g/mol. The third kappa shape index (κ3) is 5.61. The van der Waals surface area contributed by atoms with Crippen LogP contribution in [0.4, 0.5) is 11.4 Å². The second kappa shape index (κ2) is 12.0. The van der Waals surface area contributed by atoms with Crippen molar-refractivity contribution in [2.75, 3.05) is 4.90 Å². The third-order valence-corrected chi connectivity index (χ3v) is 9.60. The molecule has 0 saturated carbocycles. The van der Waals surface area contributed by atoms with Gasteiger partial charge in [0.1, 0.15) is 0 Å². The van der Waals surface area contributed by atoms with Gasteiger partial charge in [-0.3, -0.25) is 15.1 Å². The number of anilines is 1. The highest BCUT2D eigenvalue weighted by Gasteiger charge is 2.42. The first kappa shape index (κ1) is 29.2. The van der Waals surface area contributed by atoms with E-state index in [1.807, 2.05) is 54.6 Å². The summed E-state index contributed by atoms with van der Waals surface area (Å²) in [6.07, 6.45) is 1.79. The molecule has 0 aliphatic carbocycles. The van der Waals surface area contributed by atoms with Crippen molar-refractivity contribution < 1.29 is 4.92 Å². The maximum atomic E-state index is 11.0. The molecule has 0 amide bonds. The van der Waals surface area contributed by atoms with Crippen molar-refractivity contribution >= 4 is 63.7 Å². The van der Waals surface area contributed by atoms with E-state index in [1.165, 1.54) is 23.9 Å². The Labute approximate surface area is 268 Å². The van der Waals surface area contributed by atoms with Gasteiger partial charge in [-0.25, -0.2) is 0 Å². The van der Waals surface area contributed by atoms with E-state index >= 15 is 0 Å². The van der Waals surface area contributed by atoms with Gasteiger partial charge in [-0.15, -0.1) is 0 Å². The number of nitro groups is 1. The van der Waals surface area contributed by atoms with Gasteiger partial charge < -0.3 is 14.8 Å². The Morgan fingerprint density at radius 1 is 0.953 bits per heavy atom. The van der Waals surface area contributed by atoms with Gasteiger partial charge in [0.2, 0.25) is 0 Å². The average molecular weight is 647 g/mol. The SMILES string of the molecule is Cc1cc([C@H]2[C@H](c3ccccn3)NC(=S)N2c2ccc(Sc3ccc([N+](=O)[O-])cc3)cc2)c(C)n1-c1cccc(Cl)c1Cl. The zero-order valence-electron chi connectivity index (χ0n) is 23.1. The summed E-state index contributed by atoms with van der Waals surface area (Å²) in [6, 6.07) is 28.0. The van der Waals surface area contributed by atoms with Gasteiger partial charge in [0.05, 0.1) is 38.4 Å². The van der Waals surface area contributed by atoms with Crippen molar-refractivity contribution in [2.24, 2.45) is 0 Å². The molecule has 1 N–H and O–H groups in total. The van der Waals surface area contributed by atoms with Crippen molar-refractivity contribution in [3.05, 3.63) is 140 Å². The Hall–Kier alpha value is -3.89. The first-order valence-corrected chi connectivity index (χ1v) is 15.4. The fraction of sp³-hybridized carbons (Fsp3) is 0.125. The van der Waals surface area contributed by atoms with E-state index < -0.39 is 4.92 Å². The summed E-state index contributed by atoms with van der Waals surface area (Å²) >= 11 is 20.5. The molecule has 0 spiro atoms. The van der Waals surface area contributed by atoms with E-state index in [9.17, 15) is 10.1 Å². The van der Waals surface area contributed by atoms with Crippen molar-refractivity contribution in [3.63, 3.8) is 0 Å². The lowest BCUT2D eigenvalue weighted by Gasteiger charge is -2.28. The number of aryl methyl sites for hydroxylation is 1. The summed E-state index contributed by atoms with van der Waals surface area (Å²) in [5.74, 6) is 0. The number of benzene rings is 3. The lowest BCUT2D eigenvalue weighted by Crippen LogP contribution is -2.29. The Kier molecular flexibility index (Phi) is 8.15. The van der Waals surface area contributed by atoms with Gasteiger partial charge in [-0.1, -0.05) is 47.1 Å². The minimum Gasteiger partial charge on any atom is -0.351 e. The Morgan fingerprint density at radius 3 is 2.30 bits per heavy atom. The van der Waals surface area contributed by atoms with E-state index in [0.29, 0.717) is 15.2 Å². The maximum absolute atomic E-state index is 11.0.